The summed E-state index contributed by atoms with van der Waals surface area (Å²) in [5.74, 6) is 0.0994. The first-order chi connectivity index (χ1) is 36.8. The van der Waals surface area contributed by atoms with Gasteiger partial charge >= 0.3 is 5.97 Å². The molecule has 0 radical (unpaired) electrons. The average Bonchev–Trinajstić information content (AvgIpc) is 4.30. The summed E-state index contributed by atoms with van der Waals surface area (Å²) < 4.78 is 5.25. The van der Waals surface area contributed by atoms with Gasteiger partial charge in [0.1, 0.15) is 11.8 Å². The molecular weight excluding hydrogens is 941 g/mol. The van der Waals surface area contributed by atoms with Crippen molar-refractivity contribution in [2.24, 2.45) is 4.99 Å². The van der Waals surface area contributed by atoms with Gasteiger partial charge in [0.05, 0.1) is 31.7 Å². The number of methoxy groups -OCH3 is 1. The number of H-pyrrole nitrogens is 5. The highest BCUT2D eigenvalue weighted by Gasteiger charge is 2.29. The Kier molecular flexibility index (Phi) is 14.7. The van der Waals surface area contributed by atoms with Gasteiger partial charge in [-0.05, 0) is 139 Å². The molecule has 10 heterocycles. The van der Waals surface area contributed by atoms with Crippen LogP contribution < -0.4 is 26.0 Å². The molecular formula is C60H66N10O5. The van der Waals surface area contributed by atoms with Crippen LogP contribution in [0.25, 0.3) is 54.5 Å². The molecule has 0 saturated carbocycles. The molecule has 1 atom stereocenters. The zero-order valence-corrected chi connectivity index (χ0v) is 42.6. The molecule has 5 aromatic carbocycles. The van der Waals surface area contributed by atoms with E-state index in [0.29, 0.717) is 6.54 Å². The lowest BCUT2D eigenvalue weighted by Gasteiger charge is -2.20. The lowest BCUT2D eigenvalue weighted by atomic mass is 9.99. The fourth-order valence-corrected chi connectivity index (χ4v) is 11.5. The van der Waals surface area contributed by atoms with Crippen LogP contribution in [0.1, 0.15) is 80.4 Å². The number of para-hydroxylation sites is 2. The number of fused-ring (bicyclic) bond motifs is 15. The molecule has 15 nitrogen and oxygen atoms in total. The molecule has 5 aliphatic rings. The molecule has 10 aromatic rings. The van der Waals surface area contributed by atoms with Gasteiger partial charge in [-0.1, -0.05) is 48.5 Å². The van der Waals surface area contributed by atoms with Crippen LogP contribution in [-0.2, 0) is 69.7 Å². The van der Waals surface area contributed by atoms with E-state index < -0.39 is 12.0 Å². The molecule has 12 N–H and O–H groups in total. The van der Waals surface area contributed by atoms with Gasteiger partial charge in [0.25, 0.3) is 0 Å². The first-order valence-corrected chi connectivity index (χ1v) is 26.2. The number of hydrogen-bond donors (Lipinski definition) is 12. The number of carbonyl (C=O) groups is 1. The van der Waals surface area contributed by atoms with Gasteiger partial charge in [-0.15, -0.1) is 0 Å². The molecule has 0 aliphatic carbocycles. The van der Waals surface area contributed by atoms with Crippen molar-refractivity contribution in [2.75, 3.05) is 39.8 Å². The van der Waals surface area contributed by atoms with Gasteiger partial charge in [-0.3, -0.25) is 15.1 Å². The van der Waals surface area contributed by atoms with E-state index in [1.807, 2.05) is 55.5 Å². The topological polar surface area (TPSA) is 226 Å². The quantitative estimate of drug-likeness (QED) is 0.0812. The van der Waals surface area contributed by atoms with Gasteiger partial charge < -0.3 is 60.9 Å². The largest absolute Gasteiger partial charge is 0.497 e. The minimum absolute atomic E-state index is 0.100. The van der Waals surface area contributed by atoms with E-state index in [4.69, 9.17) is 20.1 Å². The maximum atomic E-state index is 11.1. The molecule has 0 fully saturated rings. The fourth-order valence-electron chi connectivity index (χ4n) is 11.5. The number of ether oxygens (including phenoxy) is 1. The summed E-state index contributed by atoms with van der Waals surface area (Å²) in [6.07, 6.45) is 5.18. The second-order valence-corrected chi connectivity index (χ2v) is 19.8. The molecule has 5 aliphatic heterocycles. The first kappa shape index (κ1) is 49.7. The Labute approximate surface area is 434 Å². The summed E-state index contributed by atoms with van der Waals surface area (Å²) in [7, 11) is 1.71. The maximum absolute atomic E-state index is 11.1. The van der Waals surface area contributed by atoms with E-state index in [9.17, 15) is 4.79 Å². The number of rotatable bonds is 4. The molecule has 0 saturated heterocycles. The minimum Gasteiger partial charge on any atom is -0.497 e. The van der Waals surface area contributed by atoms with Crippen molar-refractivity contribution in [1.82, 2.24) is 46.2 Å². The SMILES string of the molecule is CC1=NCCc2c1[nH]c1ccc(CO)cc21.COc1ccc2[nH]c3c(c2c1)CNCC3.O=C(O)C1NCCc2c1[nH]c1ccccc21.OCc1ccc2[nH]c3c(c2c1)CCNC3.c1ccc2c3c([nH]c2c1)CNCC3. The lowest BCUT2D eigenvalue weighted by Crippen LogP contribution is -2.34. The number of aromatic amines is 5. The third-order valence-corrected chi connectivity index (χ3v) is 15.2. The number of benzene rings is 5. The molecule has 1 unspecified atom stereocenters. The summed E-state index contributed by atoms with van der Waals surface area (Å²) in [4.78, 5) is 32.5. The van der Waals surface area contributed by atoms with Crippen LogP contribution in [0.15, 0.2) is 108 Å². The maximum Gasteiger partial charge on any atom is 0.326 e. The van der Waals surface area contributed by atoms with Crippen LogP contribution >= 0.6 is 0 Å². The van der Waals surface area contributed by atoms with E-state index in [1.54, 1.807) is 7.11 Å². The zero-order valence-electron chi connectivity index (χ0n) is 42.6. The van der Waals surface area contributed by atoms with E-state index in [-0.39, 0.29) is 13.2 Å². The van der Waals surface area contributed by atoms with E-state index in [1.165, 1.54) is 77.4 Å². The van der Waals surface area contributed by atoms with Crippen LogP contribution in [0.5, 0.6) is 5.75 Å². The van der Waals surface area contributed by atoms with Gasteiger partial charge in [-0.25, -0.2) is 0 Å². The van der Waals surface area contributed by atoms with Gasteiger partial charge in [0.15, 0.2) is 0 Å². The second-order valence-electron chi connectivity index (χ2n) is 19.8. The predicted molar refractivity (Wildman–Crippen MR) is 299 cm³/mol. The van der Waals surface area contributed by atoms with Gasteiger partial charge in [0, 0.05) is 123 Å². The molecule has 0 spiro atoms. The van der Waals surface area contributed by atoms with Gasteiger partial charge in [0.2, 0.25) is 0 Å². The lowest BCUT2D eigenvalue weighted by molar-refractivity contribution is -0.139. The standard InChI is InChI=1S/C13H14N2O.C12H12N2O2.2C12H14N2O.C11H12N2/c1-8-13-10(4-5-14-8)11-6-9(7-16)2-3-12(11)15-13;15-12(16)11-10-8(5-6-13-11)7-3-1-2-4-9(7)14-10;1-15-8-2-3-11-9(6-8)10-7-13-5-4-12(10)14-11;15-7-8-1-2-11-10(5-8)9-3-4-13-6-12(9)14-11;1-2-4-10-8(3-1)9-5-6-12-7-11(9)13-10/h2-3,6,15-16H,4-5,7H2,1H3;1-4,11,13-14H,5-6H2,(H,15,16);2-3,6,13-14H,4-5,7H2,1H3;1-2,5,13-15H,3-4,6-7H2;1-4,12-13H,5-7H2. The predicted octanol–water partition coefficient (Wildman–Crippen LogP) is 8.41. The van der Waals surface area contributed by atoms with Crippen molar-refractivity contribution >= 4 is 66.2 Å². The summed E-state index contributed by atoms with van der Waals surface area (Å²) in [6, 6.07) is 34.3. The number of nitrogens with one attached hydrogen (secondary N) is 9. The molecule has 0 bridgehead atoms. The molecule has 15 rings (SSSR count). The van der Waals surface area contributed by atoms with Crippen molar-refractivity contribution < 1.29 is 24.9 Å². The molecule has 15 heteroatoms. The molecule has 386 valence electrons. The highest BCUT2D eigenvalue weighted by atomic mass is 16.5. The van der Waals surface area contributed by atoms with Crippen LogP contribution in [0.4, 0.5) is 0 Å². The second kappa shape index (κ2) is 22.1. The highest BCUT2D eigenvalue weighted by Crippen LogP contribution is 2.32. The number of aliphatic hydroxyl groups is 2. The third-order valence-electron chi connectivity index (χ3n) is 15.2. The fraction of sp³-hybridized carbons (Fsp3) is 0.300. The Bertz CT molecular complexity index is 3610. The summed E-state index contributed by atoms with van der Waals surface area (Å²) in [6.45, 7) is 9.94. The number of aliphatic imine (C=N–C) groups is 1. The van der Waals surface area contributed by atoms with Crippen molar-refractivity contribution in [3.63, 3.8) is 0 Å². The monoisotopic (exact) mass is 1010 g/mol. The van der Waals surface area contributed by atoms with Gasteiger partial charge in [-0.2, -0.15) is 0 Å². The Morgan fingerprint density at radius 1 is 0.547 bits per heavy atom. The summed E-state index contributed by atoms with van der Waals surface area (Å²) in [5, 5.41) is 46.9. The Morgan fingerprint density at radius 3 is 1.75 bits per heavy atom. The Balaban J connectivity index is 0.000000100. The Morgan fingerprint density at radius 2 is 1.08 bits per heavy atom. The molecule has 5 aromatic heterocycles. The molecule has 0 amide bonds. The number of aliphatic carboxylic acids is 1. The zero-order chi connectivity index (χ0) is 51.4. The van der Waals surface area contributed by atoms with Crippen molar-refractivity contribution in [2.45, 2.75) is 77.9 Å². The third kappa shape index (κ3) is 10.2. The van der Waals surface area contributed by atoms with Crippen LogP contribution in [0, 0.1) is 0 Å². The average molecular weight is 1010 g/mol. The number of carboxylic acid groups (broad SMARTS) is 1. The van der Waals surface area contributed by atoms with Crippen LogP contribution in [0.3, 0.4) is 0 Å². The van der Waals surface area contributed by atoms with Crippen molar-refractivity contribution in [3.8, 4) is 5.75 Å². The molecule has 75 heavy (non-hydrogen) atoms. The van der Waals surface area contributed by atoms with E-state index in [0.717, 1.165) is 134 Å². The number of nitrogens with zero attached hydrogens (tertiary/aromatic N) is 1. The normalized spacial score (nSPS) is 16.3. The highest BCUT2D eigenvalue weighted by molar-refractivity contribution is 6.05. The number of hydrogen-bond acceptors (Lipinski definition) is 9. The van der Waals surface area contributed by atoms with E-state index in [2.05, 4.69) is 106 Å². The number of aromatic nitrogens is 5. The first-order valence-electron chi connectivity index (χ1n) is 26.2. The summed E-state index contributed by atoms with van der Waals surface area (Å²) >= 11 is 0. The van der Waals surface area contributed by atoms with Crippen molar-refractivity contribution in [1.29, 1.82) is 0 Å². The van der Waals surface area contributed by atoms with Crippen LogP contribution in [-0.4, -0.2) is 91.8 Å². The minimum atomic E-state index is -0.826. The number of aliphatic hydroxyl groups excluding tert-OH is 2. The Hall–Kier alpha value is -7.50. The van der Waals surface area contributed by atoms with Crippen molar-refractivity contribution in [3.05, 3.63) is 171 Å². The van der Waals surface area contributed by atoms with Crippen LogP contribution in [0.2, 0.25) is 0 Å². The summed E-state index contributed by atoms with van der Waals surface area (Å²) in [5.41, 5.74) is 21.7. The van der Waals surface area contributed by atoms with E-state index >= 15 is 0 Å². The smallest absolute Gasteiger partial charge is 0.326 e. The number of carboxylic acids is 1.